The van der Waals surface area contributed by atoms with E-state index in [1.54, 1.807) is 7.11 Å². The molecule has 0 aliphatic carbocycles. The summed E-state index contributed by atoms with van der Waals surface area (Å²) in [6.07, 6.45) is 0. The van der Waals surface area contributed by atoms with Crippen LogP contribution in [0.15, 0.2) is 72.8 Å². The minimum absolute atomic E-state index is 0.178. The number of methoxy groups -OCH3 is 1. The van der Waals surface area contributed by atoms with E-state index in [-0.39, 0.29) is 5.91 Å². The van der Waals surface area contributed by atoms with Crippen LogP contribution in [0.25, 0.3) is 22.2 Å². The molecule has 0 fully saturated rings. The number of rotatable bonds is 5. The first-order chi connectivity index (χ1) is 14.2. The number of benzene rings is 3. The van der Waals surface area contributed by atoms with Crippen molar-refractivity contribution >= 4 is 16.8 Å². The Morgan fingerprint density at radius 2 is 1.66 bits per heavy atom. The molecule has 4 rings (SSSR count). The Morgan fingerprint density at radius 1 is 0.931 bits per heavy atom. The Morgan fingerprint density at radius 3 is 2.38 bits per heavy atom. The van der Waals surface area contributed by atoms with Gasteiger partial charge in [-0.2, -0.15) is 0 Å². The molecule has 5 nitrogen and oxygen atoms in total. The van der Waals surface area contributed by atoms with Crippen molar-refractivity contribution in [2.24, 2.45) is 0 Å². The van der Waals surface area contributed by atoms with Crippen LogP contribution in [-0.4, -0.2) is 23.2 Å². The quantitative estimate of drug-likeness (QED) is 0.549. The molecule has 4 aromatic rings. The molecule has 1 N–H and O–H groups in total. The van der Waals surface area contributed by atoms with Gasteiger partial charge in [-0.3, -0.25) is 4.79 Å². The highest BCUT2D eigenvalue weighted by Crippen LogP contribution is 2.27. The van der Waals surface area contributed by atoms with E-state index < -0.39 is 0 Å². The number of fused-ring (bicyclic) bond motifs is 1. The molecular weight excluding hydrogens is 362 g/mol. The Bertz CT molecular complexity index is 1150. The zero-order valence-electron chi connectivity index (χ0n) is 16.3. The number of hydrogen-bond acceptors (Lipinski definition) is 4. The molecule has 0 bridgehead atoms. The van der Waals surface area contributed by atoms with E-state index in [0.29, 0.717) is 23.3 Å². The van der Waals surface area contributed by atoms with Crippen molar-refractivity contribution in [3.8, 4) is 17.0 Å². The van der Waals surface area contributed by atoms with Crippen LogP contribution in [0.3, 0.4) is 0 Å². The number of ether oxygens (including phenoxy) is 1. The van der Waals surface area contributed by atoms with Gasteiger partial charge in [0.15, 0.2) is 0 Å². The van der Waals surface area contributed by atoms with Crippen molar-refractivity contribution in [1.82, 2.24) is 15.5 Å². The van der Waals surface area contributed by atoms with Crippen molar-refractivity contribution in [2.45, 2.75) is 13.5 Å². The second kappa shape index (κ2) is 8.10. The predicted molar refractivity (Wildman–Crippen MR) is 114 cm³/mol. The number of nitrogens with one attached hydrogen (secondary N) is 1. The molecule has 0 saturated heterocycles. The maximum Gasteiger partial charge on any atom is 0.254 e. The first-order valence-electron chi connectivity index (χ1n) is 9.39. The van der Waals surface area contributed by atoms with Gasteiger partial charge in [-0.05, 0) is 30.7 Å². The van der Waals surface area contributed by atoms with Crippen molar-refractivity contribution in [1.29, 1.82) is 0 Å². The van der Waals surface area contributed by atoms with E-state index in [9.17, 15) is 4.79 Å². The second-order valence-electron chi connectivity index (χ2n) is 6.84. The summed E-state index contributed by atoms with van der Waals surface area (Å²) in [6, 6.07) is 23.1. The van der Waals surface area contributed by atoms with Gasteiger partial charge in [-0.15, -0.1) is 10.2 Å². The standard InChI is InChI=1S/C24H21N3O2/c1-16-7-11-18(12-8-16)23-22(20-5-3-4-6-21(20)26-27-23)24(28)25-15-17-9-13-19(29-2)14-10-17/h3-14H,15H2,1-2H3,(H,25,28). The highest BCUT2D eigenvalue weighted by molar-refractivity contribution is 6.10. The summed E-state index contributed by atoms with van der Waals surface area (Å²) < 4.78 is 5.18. The van der Waals surface area contributed by atoms with E-state index in [0.717, 1.165) is 27.8 Å². The largest absolute Gasteiger partial charge is 0.497 e. The van der Waals surface area contributed by atoms with Crippen LogP contribution in [0, 0.1) is 6.92 Å². The molecule has 0 aliphatic heterocycles. The fraction of sp³-hybridized carbons (Fsp3) is 0.125. The summed E-state index contributed by atoms with van der Waals surface area (Å²) in [4.78, 5) is 13.2. The molecule has 0 saturated carbocycles. The van der Waals surface area contributed by atoms with Gasteiger partial charge in [-0.1, -0.05) is 60.2 Å². The lowest BCUT2D eigenvalue weighted by molar-refractivity contribution is 0.0953. The minimum atomic E-state index is -0.178. The Balaban J connectivity index is 1.70. The third-order valence-electron chi connectivity index (χ3n) is 4.83. The minimum Gasteiger partial charge on any atom is -0.497 e. The third-order valence-corrected chi connectivity index (χ3v) is 4.83. The Hall–Kier alpha value is -3.73. The molecule has 0 radical (unpaired) electrons. The lowest BCUT2D eigenvalue weighted by atomic mass is 10.0. The average molecular weight is 383 g/mol. The summed E-state index contributed by atoms with van der Waals surface area (Å²) in [5.41, 5.74) is 4.81. The van der Waals surface area contributed by atoms with E-state index in [1.807, 2.05) is 79.7 Å². The summed E-state index contributed by atoms with van der Waals surface area (Å²) in [6.45, 7) is 2.44. The monoisotopic (exact) mass is 383 g/mol. The fourth-order valence-corrected chi connectivity index (χ4v) is 3.21. The zero-order valence-corrected chi connectivity index (χ0v) is 16.3. The molecule has 0 unspecified atom stereocenters. The highest BCUT2D eigenvalue weighted by atomic mass is 16.5. The number of hydrogen-bond donors (Lipinski definition) is 1. The molecule has 144 valence electrons. The van der Waals surface area contributed by atoms with E-state index in [2.05, 4.69) is 15.5 Å². The first-order valence-corrected chi connectivity index (χ1v) is 9.39. The topological polar surface area (TPSA) is 64.1 Å². The predicted octanol–water partition coefficient (Wildman–Crippen LogP) is 4.54. The van der Waals surface area contributed by atoms with E-state index >= 15 is 0 Å². The summed E-state index contributed by atoms with van der Waals surface area (Å²) in [7, 11) is 1.63. The maximum absolute atomic E-state index is 13.2. The second-order valence-corrected chi connectivity index (χ2v) is 6.84. The number of nitrogens with zero attached hydrogens (tertiary/aromatic N) is 2. The molecule has 3 aromatic carbocycles. The van der Waals surface area contributed by atoms with Gasteiger partial charge in [0.05, 0.1) is 18.2 Å². The lowest BCUT2D eigenvalue weighted by Crippen LogP contribution is -2.24. The van der Waals surface area contributed by atoms with Crippen molar-refractivity contribution in [3.05, 3.63) is 89.5 Å². The molecule has 1 aromatic heterocycles. The van der Waals surface area contributed by atoms with Crippen LogP contribution < -0.4 is 10.1 Å². The van der Waals surface area contributed by atoms with Gasteiger partial charge >= 0.3 is 0 Å². The molecule has 29 heavy (non-hydrogen) atoms. The lowest BCUT2D eigenvalue weighted by Gasteiger charge is -2.12. The van der Waals surface area contributed by atoms with Crippen LogP contribution in [-0.2, 0) is 6.54 Å². The molecule has 5 heteroatoms. The average Bonchev–Trinajstić information content (AvgIpc) is 2.77. The van der Waals surface area contributed by atoms with Crippen molar-refractivity contribution < 1.29 is 9.53 Å². The number of aryl methyl sites for hydroxylation is 1. The molecule has 1 heterocycles. The summed E-state index contributed by atoms with van der Waals surface area (Å²) in [5, 5.41) is 12.5. The van der Waals surface area contributed by atoms with Crippen molar-refractivity contribution in [3.63, 3.8) is 0 Å². The van der Waals surface area contributed by atoms with Crippen LogP contribution >= 0.6 is 0 Å². The molecule has 0 atom stereocenters. The number of carbonyl (C=O) groups is 1. The third kappa shape index (κ3) is 3.94. The number of amides is 1. The normalized spacial score (nSPS) is 10.7. The SMILES string of the molecule is COc1ccc(CNC(=O)c2c(-c3ccc(C)cc3)nnc3ccccc23)cc1. The molecule has 1 amide bonds. The number of aromatic nitrogens is 2. The molecule has 0 spiro atoms. The van der Waals surface area contributed by atoms with Gasteiger partial charge in [0.1, 0.15) is 11.4 Å². The maximum atomic E-state index is 13.2. The van der Waals surface area contributed by atoms with Gasteiger partial charge in [0.25, 0.3) is 5.91 Å². The Labute approximate surface area is 169 Å². The van der Waals surface area contributed by atoms with Gasteiger partial charge in [0.2, 0.25) is 0 Å². The van der Waals surface area contributed by atoms with Crippen LogP contribution in [0.1, 0.15) is 21.5 Å². The van der Waals surface area contributed by atoms with Crippen LogP contribution in [0.5, 0.6) is 5.75 Å². The van der Waals surface area contributed by atoms with Gasteiger partial charge in [-0.25, -0.2) is 0 Å². The van der Waals surface area contributed by atoms with Crippen LogP contribution in [0.4, 0.5) is 0 Å². The van der Waals surface area contributed by atoms with Crippen molar-refractivity contribution in [2.75, 3.05) is 7.11 Å². The fourth-order valence-electron chi connectivity index (χ4n) is 3.21. The highest BCUT2D eigenvalue weighted by Gasteiger charge is 2.19. The summed E-state index contributed by atoms with van der Waals surface area (Å²) >= 11 is 0. The summed E-state index contributed by atoms with van der Waals surface area (Å²) in [5.74, 6) is 0.605. The van der Waals surface area contributed by atoms with E-state index in [4.69, 9.17) is 4.74 Å². The van der Waals surface area contributed by atoms with Crippen LogP contribution in [0.2, 0.25) is 0 Å². The smallest absolute Gasteiger partial charge is 0.254 e. The van der Waals surface area contributed by atoms with E-state index in [1.165, 1.54) is 0 Å². The zero-order chi connectivity index (χ0) is 20.2. The molecule has 0 aliphatic rings. The van der Waals surface area contributed by atoms with Gasteiger partial charge < -0.3 is 10.1 Å². The first kappa shape index (κ1) is 18.6. The Kier molecular flexibility index (Phi) is 5.20. The van der Waals surface area contributed by atoms with Gasteiger partial charge in [0, 0.05) is 17.5 Å². The molecular formula is C24H21N3O2. The number of carbonyl (C=O) groups excluding carboxylic acids is 1.